The van der Waals surface area contributed by atoms with Crippen LogP contribution in [0.1, 0.15) is 13.3 Å². The highest BCUT2D eigenvalue weighted by Gasteiger charge is 1.99. The molecule has 2 nitrogen and oxygen atoms in total. The second-order valence-electron chi connectivity index (χ2n) is 1.95. The summed E-state index contributed by atoms with van der Waals surface area (Å²) in [6, 6.07) is 0. The van der Waals surface area contributed by atoms with Crippen molar-refractivity contribution < 1.29 is 9.90 Å². The van der Waals surface area contributed by atoms with E-state index in [2.05, 4.69) is 13.2 Å². The average Bonchev–Trinajstić information content (AvgIpc) is 1.63. The Morgan fingerprint density at radius 3 is 2.11 bits per heavy atom. The minimum atomic E-state index is -0.858. The Morgan fingerprint density at radius 1 is 1.56 bits per heavy atom. The van der Waals surface area contributed by atoms with E-state index in [1.165, 1.54) is 0 Å². The fraction of sp³-hybridized carbons (Fsp3) is 0.286. The summed E-state index contributed by atoms with van der Waals surface area (Å²) in [5.74, 6) is -0.858. The lowest BCUT2D eigenvalue weighted by molar-refractivity contribution is -0.136. The van der Waals surface area contributed by atoms with Gasteiger partial charge < -0.3 is 5.11 Å². The quantitative estimate of drug-likeness (QED) is 0.583. The highest BCUT2D eigenvalue weighted by molar-refractivity contribution is 5.71. The summed E-state index contributed by atoms with van der Waals surface area (Å²) in [7, 11) is 0. The van der Waals surface area contributed by atoms with Crippen LogP contribution in [0.4, 0.5) is 0 Å². The maximum absolute atomic E-state index is 10.0. The van der Waals surface area contributed by atoms with Crippen LogP contribution in [0.2, 0.25) is 0 Å². The first-order valence-electron chi connectivity index (χ1n) is 2.59. The predicted molar refractivity (Wildman–Crippen MR) is 36.2 cm³/mol. The van der Waals surface area contributed by atoms with Crippen LogP contribution >= 0.6 is 0 Å². The lowest BCUT2D eigenvalue weighted by atomic mass is 10.1. The average molecular weight is 126 g/mol. The third-order valence-electron chi connectivity index (χ3n) is 0.968. The molecule has 0 aromatic carbocycles. The lowest BCUT2D eigenvalue weighted by Gasteiger charge is -1.97. The molecule has 1 N–H and O–H groups in total. The third kappa shape index (κ3) is 3.53. The summed E-state index contributed by atoms with van der Waals surface area (Å²) in [6.07, 6.45) is -0.00463. The van der Waals surface area contributed by atoms with Crippen LogP contribution in [-0.4, -0.2) is 11.1 Å². The zero-order valence-electron chi connectivity index (χ0n) is 5.48. The van der Waals surface area contributed by atoms with Crippen molar-refractivity contribution in [1.82, 2.24) is 0 Å². The van der Waals surface area contributed by atoms with Gasteiger partial charge in [0.15, 0.2) is 0 Å². The van der Waals surface area contributed by atoms with Crippen molar-refractivity contribution in [2.75, 3.05) is 0 Å². The molecule has 0 rings (SSSR count). The largest absolute Gasteiger partial charge is 0.481 e. The molecule has 0 heterocycles. The fourth-order valence-electron chi connectivity index (χ4n) is 0.333. The van der Waals surface area contributed by atoms with E-state index < -0.39 is 5.97 Å². The maximum atomic E-state index is 10.0. The molecule has 0 atom stereocenters. The van der Waals surface area contributed by atoms with Gasteiger partial charge in [-0.3, -0.25) is 4.79 Å². The predicted octanol–water partition coefficient (Wildman–Crippen LogP) is 1.59. The number of hydrogen-bond donors (Lipinski definition) is 1. The van der Waals surface area contributed by atoms with Crippen LogP contribution in [0, 0.1) is 0 Å². The number of allylic oxidation sites excluding steroid dienone is 1. The Bertz CT molecular complexity index is 156. The van der Waals surface area contributed by atoms with Crippen molar-refractivity contribution in [3.05, 3.63) is 24.3 Å². The van der Waals surface area contributed by atoms with Crippen LogP contribution in [0.25, 0.3) is 0 Å². The number of hydrogen-bond acceptors (Lipinski definition) is 1. The van der Waals surface area contributed by atoms with Gasteiger partial charge in [0.2, 0.25) is 0 Å². The molecule has 0 aromatic rings. The molecule has 0 amide bonds. The van der Waals surface area contributed by atoms with Gasteiger partial charge in [0.25, 0.3) is 0 Å². The molecule has 0 saturated heterocycles. The molecule has 0 aliphatic carbocycles. The number of carboxylic acids is 1. The third-order valence-corrected chi connectivity index (χ3v) is 0.968. The summed E-state index contributed by atoms with van der Waals surface area (Å²) < 4.78 is 0. The molecule has 0 bridgehead atoms. The molecule has 0 aliphatic rings. The van der Waals surface area contributed by atoms with Gasteiger partial charge in [-0.2, -0.15) is 0 Å². The van der Waals surface area contributed by atoms with E-state index in [0.717, 1.165) is 5.57 Å². The van der Waals surface area contributed by atoms with Crippen molar-refractivity contribution in [1.29, 1.82) is 0 Å². The number of aliphatic carboxylic acids is 1. The fourth-order valence-corrected chi connectivity index (χ4v) is 0.333. The van der Waals surface area contributed by atoms with Gasteiger partial charge in [-0.25, -0.2) is 0 Å². The Labute approximate surface area is 54.5 Å². The Hall–Kier alpha value is -1.05. The minimum absolute atomic E-state index is 0.00463. The zero-order chi connectivity index (χ0) is 7.44. The first-order valence-corrected chi connectivity index (χ1v) is 2.59. The van der Waals surface area contributed by atoms with Crippen molar-refractivity contribution in [2.45, 2.75) is 13.3 Å². The van der Waals surface area contributed by atoms with Crippen LogP contribution in [-0.2, 0) is 4.79 Å². The van der Waals surface area contributed by atoms with Gasteiger partial charge in [-0.05, 0) is 12.5 Å². The molecule has 0 unspecified atom stereocenters. The van der Waals surface area contributed by atoms with Gasteiger partial charge in [0.05, 0.1) is 6.42 Å². The molecular weight excluding hydrogens is 116 g/mol. The van der Waals surface area contributed by atoms with Crippen LogP contribution in [0.3, 0.4) is 0 Å². The molecule has 0 aromatic heterocycles. The second-order valence-corrected chi connectivity index (χ2v) is 1.95. The summed E-state index contributed by atoms with van der Waals surface area (Å²) in [5.41, 5.74) is 1.32. The summed E-state index contributed by atoms with van der Waals surface area (Å²) in [4.78, 5) is 10.0. The molecule has 9 heavy (non-hydrogen) atoms. The Balaban J connectivity index is 3.79. The molecule has 50 valence electrons. The number of carbonyl (C=O) groups is 1. The minimum Gasteiger partial charge on any atom is -0.481 e. The van der Waals surface area contributed by atoms with Gasteiger partial charge in [-0.15, -0.1) is 0 Å². The Kier molecular flexibility index (Phi) is 2.71. The monoisotopic (exact) mass is 126 g/mol. The summed E-state index contributed by atoms with van der Waals surface area (Å²) in [5, 5.41) is 8.23. The van der Waals surface area contributed by atoms with Gasteiger partial charge in [0.1, 0.15) is 0 Å². The first-order chi connectivity index (χ1) is 4.04. The lowest BCUT2D eigenvalue weighted by Crippen LogP contribution is -1.96. The second kappa shape index (κ2) is 3.07. The van der Waals surface area contributed by atoms with E-state index in [1.807, 2.05) is 0 Å². The molecule has 0 aliphatic heterocycles. The van der Waals surface area contributed by atoms with E-state index in [-0.39, 0.29) is 6.42 Å². The number of rotatable bonds is 3. The zero-order valence-corrected chi connectivity index (χ0v) is 5.48. The van der Waals surface area contributed by atoms with Gasteiger partial charge >= 0.3 is 5.97 Å². The van der Waals surface area contributed by atoms with Crippen molar-refractivity contribution in [2.24, 2.45) is 0 Å². The first kappa shape index (κ1) is 7.95. The smallest absolute Gasteiger partial charge is 0.307 e. The van der Waals surface area contributed by atoms with Crippen LogP contribution < -0.4 is 0 Å². The van der Waals surface area contributed by atoms with Crippen molar-refractivity contribution in [3.8, 4) is 0 Å². The molecule has 2 heteroatoms. The standard InChI is InChI=1S/C7H10O2/c1-5(2)6(3)4-7(8)9/h1,3-4H2,2H3,(H,8,9). The van der Waals surface area contributed by atoms with Crippen LogP contribution in [0.5, 0.6) is 0 Å². The van der Waals surface area contributed by atoms with Crippen molar-refractivity contribution in [3.63, 3.8) is 0 Å². The normalized spacial score (nSPS) is 8.56. The van der Waals surface area contributed by atoms with E-state index in [4.69, 9.17) is 5.11 Å². The molecule has 0 radical (unpaired) electrons. The highest BCUT2D eigenvalue weighted by atomic mass is 16.4. The number of carboxylic acid groups (broad SMARTS) is 1. The summed E-state index contributed by atoms with van der Waals surface area (Å²) >= 11 is 0. The summed E-state index contributed by atoms with van der Waals surface area (Å²) in [6.45, 7) is 8.80. The molecular formula is C7H10O2. The van der Waals surface area contributed by atoms with E-state index in [0.29, 0.717) is 5.57 Å². The topological polar surface area (TPSA) is 37.3 Å². The maximum Gasteiger partial charge on any atom is 0.307 e. The highest BCUT2D eigenvalue weighted by Crippen LogP contribution is 2.07. The van der Waals surface area contributed by atoms with E-state index in [1.54, 1.807) is 6.92 Å². The Morgan fingerprint density at radius 2 is 2.00 bits per heavy atom. The van der Waals surface area contributed by atoms with Crippen molar-refractivity contribution >= 4 is 5.97 Å². The van der Waals surface area contributed by atoms with E-state index in [9.17, 15) is 4.79 Å². The van der Waals surface area contributed by atoms with Gasteiger partial charge in [-0.1, -0.05) is 18.7 Å². The molecule has 0 spiro atoms. The van der Waals surface area contributed by atoms with Gasteiger partial charge in [0, 0.05) is 0 Å². The van der Waals surface area contributed by atoms with E-state index >= 15 is 0 Å². The van der Waals surface area contributed by atoms with Crippen LogP contribution in [0.15, 0.2) is 24.3 Å². The SMILES string of the molecule is C=C(C)C(=C)CC(=O)O. The molecule has 0 fully saturated rings. The molecule has 0 saturated carbocycles.